The lowest BCUT2D eigenvalue weighted by Gasteiger charge is -2.10. The summed E-state index contributed by atoms with van der Waals surface area (Å²) in [6.07, 6.45) is 1.09. The van der Waals surface area contributed by atoms with Gasteiger partial charge in [-0.2, -0.15) is 21.6 Å². The number of rotatable bonds is 7. The number of benzene rings is 3. The largest absolute Gasteiger partial charge is 0.516 e. The number of carbonyl (C=O) groups excluding carboxylic acids is 1. The maximum atomic E-state index is 12.5. The van der Waals surface area contributed by atoms with Crippen LogP contribution in [0.3, 0.4) is 0 Å². The number of hydrogen-bond acceptors (Lipinski definition) is 4. The van der Waals surface area contributed by atoms with E-state index < -0.39 is 15.5 Å². The number of anilines is 1. The Balaban J connectivity index is 1.47. The van der Waals surface area contributed by atoms with Crippen LogP contribution in [0.2, 0.25) is 0 Å². The SMILES string of the molecule is CC(=O)c1ccccc1-c1ccc2[nH]c(CCc3ccc(NS(=O)(=O)C(F)(F)F)cc3)nc2c1. The van der Waals surface area contributed by atoms with Crippen molar-refractivity contribution in [3.05, 3.63) is 83.7 Å². The van der Waals surface area contributed by atoms with Crippen molar-refractivity contribution in [3.8, 4) is 11.1 Å². The Labute approximate surface area is 193 Å². The van der Waals surface area contributed by atoms with Crippen LogP contribution in [-0.4, -0.2) is 29.7 Å². The molecular weight excluding hydrogens is 467 g/mol. The first-order valence-corrected chi connectivity index (χ1v) is 11.8. The number of ketones is 1. The van der Waals surface area contributed by atoms with E-state index >= 15 is 0 Å². The second-order valence-corrected chi connectivity index (χ2v) is 9.44. The number of hydrogen-bond donors (Lipinski definition) is 2. The lowest BCUT2D eigenvalue weighted by Crippen LogP contribution is -2.29. The number of alkyl halides is 3. The molecule has 10 heteroatoms. The van der Waals surface area contributed by atoms with Gasteiger partial charge in [-0.15, -0.1) is 0 Å². The summed E-state index contributed by atoms with van der Waals surface area (Å²) >= 11 is 0. The lowest BCUT2D eigenvalue weighted by atomic mass is 9.97. The molecule has 0 spiro atoms. The summed E-state index contributed by atoms with van der Waals surface area (Å²) in [5.41, 5.74) is -0.774. The zero-order chi connectivity index (χ0) is 24.5. The van der Waals surface area contributed by atoms with Crippen LogP contribution in [0.25, 0.3) is 22.2 Å². The molecule has 0 aliphatic heterocycles. The highest BCUT2D eigenvalue weighted by molar-refractivity contribution is 7.93. The highest BCUT2D eigenvalue weighted by atomic mass is 32.2. The van der Waals surface area contributed by atoms with Gasteiger partial charge in [0, 0.05) is 17.7 Å². The maximum Gasteiger partial charge on any atom is 0.516 e. The van der Waals surface area contributed by atoms with Crippen molar-refractivity contribution in [2.75, 3.05) is 4.72 Å². The van der Waals surface area contributed by atoms with Crippen LogP contribution in [0.4, 0.5) is 18.9 Å². The minimum absolute atomic E-state index is 0.0179. The first kappa shape index (κ1) is 23.5. The molecule has 3 aromatic carbocycles. The third kappa shape index (κ3) is 4.96. The molecule has 4 aromatic rings. The summed E-state index contributed by atoms with van der Waals surface area (Å²) in [6.45, 7) is 1.53. The molecular formula is C24H20F3N3O3S. The van der Waals surface area contributed by atoms with Gasteiger partial charge in [-0.25, -0.2) is 4.98 Å². The van der Waals surface area contributed by atoms with Gasteiger partial charge in [0.05, 0.1) is 11.0 Å². The van der Waals surface area contributed by atoms with Gasteiger partial charge in [0.2, 0.25) is 0 Å². The molecule has 0 unspecified atom stereocenters. The zero-order valence-electron chi connectivity index (χ0n) is 18.0. The quantitative estimate of drug-likeness (QED) is 0.338. The number of halogens is 3. The first-order valence-electron chi connectivity index (χ1n) is 10.3. The van der Waals surface area contributed by atoms with Gasteiger partial charge in [-0.3, -0.25) is 9.52 Å². The van der Waals surface area contributed by atoms with Gasteiger partial charge >= 0.3 is 15.5 Å². The topological polar surface area (TPSA) is 91.9 Å². The number of aromatic amines is 1. The number of H-pyrrole nitrogens is 1. The highest BCUT2D eigenvalue weighted by Gasteiger charge is 2.46. The normalized spacial score (nSPS) is 12.1. The van der Waals surface area contributed by atoms with E-state index in [2.05, 4.69) is 9.97 Å². The Morgan fingerprint density at radius 2 is 1.71 bits per heavy atom. The second-order valence-electron chi connectivity index (χ2n) is 7.77. The van der Waals surface area contributed by atoms with E-state index in [1.165, 1.54) is 23.8 Å². The van der Waals surface area contributed by atoms with E-state index in [0.717, 1.165) is 33.5 Å². The summed E-state index contributed by atoms with van der Waals surface area (Å²) in [5.74, 6) is 0.712. The van der Waals surface area contributed by atoms with Gasteiger partial charge in [0.1, 0.15) is 5.82 Å². The van der Waals surface area contributed by atoms with Gasteiger partial charge in [-0.1, -0.05) is 42.5 Å². The molecule has 1 heterocycles. The van der Waals surface area contributed by atoms with Crippen molar-refractivity contribution in [2.45, 2.75) is 25.3 Å². The van der Waals surface area contributed by atoms with E-state index in [0.29, 0.717) is 18.4 Å². The third-order valence-electron chi connectivity index (χ3n) is 5.31. The molecule has 0 saturated heterocycles. The van der Waals surface area contributed by atoms with E-state index in [1.54, 1.807) is 18.2 Å². The van der Waals surface area contributed by atoms with Crippen LogP contribution in [-0.2, 0) is 22.9 Å². The molecule has 0 radical (unpaired) electrons. The number of fused-ring (bicyclic) bond motifs is 1. The molecule has 2 N–H and O–H groups in total. The summed E-state index contributed by atoms with van der Waals surface area (Å²) < 4.78 is 61.4. The van der Waals surface area contributed by atoms with Crippen LogP contribution < -0.4 is 4.72 Å². The summed E-state index contributed by atoms with van der Waals surface area (Å²) in [4.78, 5) is 19.8. The van der Waals surface area contributed by atoms with E-state index in [4.69, 9.17) is 0 Å². The predicted molar refractivity (Wildman–Crippen MR) is 124 cm³/mol. The molecule has 0 saturated carbocycles. The predicted octanol–water partition coefficient (Wildman–Crippen LogP) is 5.48. The van der Waals surface area contributed by atoms with Crippen LogP contribution >= 0.6 is 0 Å². The fourth-order valence-corrected chi connectivity index (χ4v) is 4.16. The van der Waals surface area contributed by atoms with Crippen LogP contribution in [0, 0.1) is 0 Å². The third-order valence-corrected chi connectivity index (χ3v) is 6.42. The van der Waals surface area contributed by atoms with Crippen molar-refractivity contribution in [1.29, 1.82) is 0 Å². The molecule has 0 aliphatic rings. The van der Waals surface area contributed by atoms with Crippen LogP contribution in [0.1, 0.15) is 28.7 Å². The number of aromatic nitrogens is 2. The Bertz CT molecular complexity index is 1460. The number of sulfonamides is 1. The summed E-state index contributed by atoms with van der Waals surface area (Å²) in [5, 5.41) is 0. The summed E-state index contributed by atoms with van der Waals surface area (Å²) in [7, 11) is -5.45. The number of nitrogens with zero attached hydrogens (tertiary/aromatic N) is 1. The van der Waals surface area contributed by atoms with Gasteiger partial charge in [-0.05, 0) is 54.3 Å². The van der Waals surface area contributed by atoms with Crippen molar-refractivity contribution >= 4 is 32.5 Å². The highest BCUT2D eigenvalue weighted by Crippen LogP contribution is 2.28. The minimum Gasteiger partial charge on any atom is -0.342 e. The lowest BCUT2D eigenvalue weighted by molar-refractivity contribution is -0.0429. The number of nitrogens with one attached hydrogen (secondary N) is 2. The van der Waals surface area contributed by atoms with Gasteiger partial charge < -0.3 is 4.98 Å². The van der Waals surface area contributed by atoms with Crippen molar-refractivity contribution in [2.24, 2.45) is 0 Å². The standard InChI is InChI=1S/C24H20F3N3O3S/c1-15(31)19-4-2-3-5-20(19)17-9-12-21-22(14-17)29-23(28-21)13-8-16-6-10-18(11-7-16)30-34(32,33)24(25,26)27/h2-7,9-12,14,30H,8,13H2,1H3,(H,28,29). The molecule has 0 fully saturated rings. The molecule has 0 aliphatic carbocycles. The minimum atomic E-state index is -5.45. The molecule has 0 amide bonds. The van der Waals surface area contributed by atoms with Crippen molar-refractivity contribution in [1.82, 2.24) is 9.97 Å². The Hall–Kier alpha value is -3.66. The number of carbonyl (C=O) groups is 1. The van der Waals surface area contributed by atoms with E-state index in [1.807, 2.05) is 36.4 Å². The fraction of sp³-hybridized carbons (Fsp3) is 0.167. The van der Waals surface area contributed by atoms with Gasteiger partial charge in [0.25, 0.3) is 0 Å². The summed E-state index contributed by atoms with van der Waals surface area (Å²) in [6, 6.07) is 18.8. The van der Waals surface area contributed by atoms with Crippen molar-refractivity contribution < 1.29 is 26.4 Å². The number of aryl methyl sites for hydroxylation is 2. The number of imidazole rings is 1. The fourth-order valence-electron chi connectivity index (χ4n) is 3.60. The maximum absolute atomic E-state index is 12.5. The van der Waals surface area contributed by atoms with Gasteiger partial charge in [0.15, 0.2) is 5.78 Å². The Morgan fingerprint density at radius 3 is 2.38 bits per heavy atom. The Morgan fingerprint density at radius 1 is 1.00 bits per heavy atom. The Kier molecular flexibility index (Phi) is 6.18. The van der Waals surface area contributed by atoms with Crippen LogP contribution in [0.5, 0.6) is 0 Å². The molecule has 0 atom stereocenters. The molecule has 34 heavy (non-hydrogen) atoms. The van der Waals surface area contributed by atoms with E-state index in [9.17, 15) is 26.4 Å². The van der Waals surface area contributed by atoms with Crippen molar-refractivity contribution in [3.63, 3.8) is 0 Å². The average molecular weight is 488 g/mol. The molecule has 176 valence electrons. The van der Waals surface area contributed by atoms with E-state index in [-0.39, 0.29) is 11.5 Å². The zero-order valence-corrected chi connectivity index (χ0v) is 18.8. The molecule has 1 aromatic heterocycles. The first-order chi connectivity index (χ1) is 16.0. The van der Waals surface area contributed by atoms with Crippen LogP contribution in [0.15, 0.2) is 66.7 Å². The second kappa shape index (κ2) is 8.94. The monoisotopic (exact) mass is 487 g/mol. The number of Topliss-reactive ketones (excluding diaryl/α,β-unsaturated/α-hetero) is 1. The average Bonchev–Trinajstić information content (AvgIpc) is 3.20. The molecule has 4 rings (SSSR count). The molecule has 0 bridgehead atoms. The molecule has 6 nitrogen and oxygen atoms in total. The smallest absolute Gasteiger partial charge is 0.342 e.